The minimum atomic E-state index is -0.432. The largest absolute Gasteiger partial charge is 0.382 e. The SMILES string of the molecule is CC(=O)NCc1ccc(N/N=C(\C#N)C(=N)N)c(Cl)c1. The first-order valence-corrected chi connectivity index (χ1v) is 5.93. The molecule has 0 aliphatic carbocycles. The van der Waals surface area contributed by atoms with Crippen molar-refractivity contribution in [3.8, 4) is 6.07 Å². The van der Waals surface area contributed by atoms with E-state index in [0.717, 1.165) is 5.56 Å². The van der Waals surface area contributed by atoms with Gasteiger partial charge in [-0.15, -0.1) is 0 Å². The average molecular weight is 293 g/mol. The summed E-state index contributed by atoms with van der Waals surface area (Å²) in [7, 11) is 0. The minimum Gasteiger partial charge on any atom is -0.382 e. The molecule has 5 N–H and O–H groups in total. The van der Waals surface area contributed by atoms with Crippen LogP contribution in [0, 0.1) is 16.7 Å². The molecule has 7 nitrogen and oxygen atoms in total. The number of anilines is 1. The van der Waals surface area contributed by atoms with Gasteiger partial charge in [-0.2, -0.15) is 10.4 Å². The average Bonchev–Trinajstić information content (AvgIpc) is 2.38. The number of hydrogen-bond donors (Lipinski definition) is 4. The summed E-state index contributed by atoms with van der Waals surface area (Å²) in [6.45, 7) is 1.80. The lowest BCUT2D eigenvalue weighted by Gasteiger charge is -2.07. The Balaban J connectivity index is 2.81. The molecule has 1 rings (SSSR count). The zero-order chi connectivity index (χ0) is 15.1. The summed E-state index contributed by atoms with van der Waals surface area (Å²) in [5.41, 5.74) is 8.78. The van der Waals surface area contributed by atoms with E-state index >= 15 is 0 Å². The molecule has 0 bridgehead atoms. The molecule has 0 saturated carbocycles. The molecular formula is C12H13ClN6O. The van der Waals surface area contributed by atoms with Crippen molar-refractivity contribution >= 4 is 34.7 Å². The Morgan fingerprint density at radius 1 is 1.60 bits per heavy atom. The van der Waals surface area contributed by atoms with Gasteiger partial charge in [0.1, 0.15) is 6.07 Å². The van der Waals surface area contributed by atoms with Crippen LogP contribution in [0.5, 0.6) is 0 Å². The Morgan fingerprint density at radius 3 is 2.80 bits per heavy atom. The van der Waals surface area contributed by atoms with Crippen LogP contribution >= 0.6 is 11.6 Å². The quantitative estimate of drug-likeness (QED) is 0.369. The predicted molar refractivity (Wildman–Crippen MR) is 77.6 cm³/mol. The smallest absolute Gasteiger partial charge is 0.217 e. The molecule has 104 valence electrons. The maximum atomic E-state index is 10.8. The maximum Gasteiger partial charge on any atom is 0.217 e. The highest BCUT2D eigenvalue weighted by Gasteiger charge is 2.04. The van der Waals surface area contributed by atoms with E-state index < -0.39 is 5.84 Å². The fourth-order valence-corrected chi connectivity index (χ4v) is 1.49. The summed E-state index contributed by atoms with van der Waals surface area (Å²) in [5, 5.41) is 22.5. The fraction of sp³-hybridized carbons (Fsp3) is 0.167. The van der Waals surface area contributed by atoms with Gasteiger partial charge in [0.2, 0.25) is 11.6 Å². The Kier molecular flexibility index (Phi) is 5.50. The molecule has 0 saturated heterocycles. The number of benzene rings is 1. The van der Waals surface area contributed by atoms with Gasteiger partial charge in [0.05, 0.1) is 10.7 Å². The Morgan fingerprint density at radius 2 is 2.30 bits per heavy atom. The molecule has 0 aromatic heterocycles. The Labute approximate surface area is 120 Å². The third kappa shape index (κ3) is 4.59. The second-order valence-corrected chi connectivity index (χ2v) is 4.23. The number of halogens is 1. The number of hydrogen-bond acceptors (Lipinski definition) is 5. The van der Waals surface area contributed by atoms with E-state index in [2.05, 4.69) is 15.8 Å². The summed E-state index contributed by atoms with van der Waals surface area (Å²) in [6, 6.07) is 6.75. The van der Waals surface area contributed by atoms with Crippen LogP contribution in [0.2, 0.25) is 5.02 Å². The van der Waals surface area contributed by atoms with Crippen LogP contribution in [0.4, 0.5) is 5.69 Å². The molecule has 0 aliphatic rings. The lowest BCUT2D eigenvalue weighted by molar-refractivity contribution is -0.119. The van der Waals surface area contributed by atoms with Crippen LogP contribution in [0.25, 0.3) is 0 Å². The zero-order valence-electron chi connectivity index (χ0n) is 10.7. The van der Waals surface area contributed by atoms with E-state index in [9.17, 15) is 4.79 Å². The van der Waals surface area contributed by atoms with E-state index in [4.69, 9.17) is 28.0 Å². The summed E-state index contributed by atoms with van der Waals surface area (Å²) >= 11 is 6.04. The number of amides is 1. The minimum absolute atomic E-state index is 0.131. The van der Waals surface area contributed by atoms with Crippen molar-refractivity contribution in [2.75, 3.05) is 5.43 Å². The van der Waals surface area contributed by atoms with E-state index in [1.54, 1.807) is 24.3 Å². The van der Waals surface area contributed by atoms with E-state index in [1.807, 2.05) is 0 Å². The highest BCUT2D eigenvalue weighted by Crippen LogP contribution is 2.23. The first-order chi connectivity index (χ1) is 9.43. The van der Waals surface area contributed by atoms with Crippen LogP contribution in [0.15, 0.2) is 23.3 Å². The van der Waals surface area contributed by atoms with Crippen molar-refractivity contribution in [2.24, 2.45) is 10.8 Å². The van der Waals surface area contributed by atoms with Gasteiger partial charge in [0, 0.05) is 13.5 Å². The number of nitrogens with two attached hydrogens (primary N) is 1. The number of nitriles is 1. The predicted octanol–water partition coefficient (Wildman–Crippen LogP) is 1.20. The van der Waals surface area contributed by atoms with Gasteiger partial charge in [-0.3, -0.25) is 15.6 Å². The highest BCUT2D eigenvalue weighted by atomic mass is 35.5. The highest BCUT2D eigenvalue weighted by molar-refractivity contribution is 6.45. The van der Waals surface area contributed by atoms with Crippen molar-refractivity contribution in [3.63, 3.8) is 0 Å². The number of hydrazone groups is 1. The monoisotopic (exact) mass is 292 g/mol. The lowest BCUT2D eigenvalue weighted by atomic mass is 10.2. The van der Waals surface area contributed by atoms with E-state index in [-0.39, 0.29) is 11.6 Å². The molecule has 1 amide bonds. The van der Waals surface area contributed by atoms with E-state index in [0.29, 0.717) is 17.3 Å². The molecule has 8 heteroatoms. The third-order valence-electron chi connectivity index (χ3n) is 2.22. The summed E-state index contributed by atoms with van der Waals surface area (Å²) in [5.74, 6) is -0.563. The van der Waals surface area contributed by atoms with Crippen LogP contribution in [-0.4, -0.2) is 17.5 Å². The van der Waals surface area contributed by atoms with Gasteiger partial charge < -0.3 is 11.1 Å². The van der Waals surface area contributed by atoms with Crippen molar-refractivity contribution in [1.29, 1.82) is 10.7 Å². The second kappa shape index (κ2) is 7.11. The molecule has 0 unspecified atom stereocenters. The van der Waals surface area contributed by atoms with Crippen LogP contribution in [0.1, 0.15) is 12.5 Å². The normalized spacial score (nSPS) is 10.6. The molecule has 1 aromatic carbocycles. The van der Waals surface area contributed by atoms with Crippen LogP contribution in [-0.2, 0) is 11.3 Å². The molecule has 0 radical (unpaired) electrons. The number of amidine groups is 1. The molecule has 1 aromatic rings. The van der Waals surface area contributed by atoms with Gasteiger partial charge >= 0.3 is 0 Å². The molecule has 0 heterocycles. The molecule has 0 fully saturated rings. The number of nitrogens with zero attached hydrogens (tertiary/aromatic N) is 2. The lowest BCUT2D eigenvalue weighted by Crippen LogP contribution is -2.22. The topological polar surface area (TPSA) is 127 Å². The molecular weight excluding hydrogens is 280 g/mol. The standard InChI is InChI=1S/C12H13ClN6O/c1-7(20)17-6-8-2-3-10(9(13)4-8)18-19-11(5-14)12(15)16/h2-4,18H,6H2,1H3,(H3,15,16)(H,17,20)/b19-11+. The van der Waals surface area contributed by atoms with Gasteiger partial charge in [0.15, 0.2) is 5.84 Å². The maximum absolute atomic E-state index is 10.8. The number of rotatable bonds is 5. The van der Waals surface area contributed by atoms with Gasteiger partial charge in [0.25, 0.3) is 0 Å². The first-order valence-electron chi connectivity index (χ1n) is 5.55. The first kappa shape index (κ1) is 15.5. The van der Waals surface area contributed by atoms with Crippen LogP contribution < -0.4 is 16.5 Å². The van der Waals surface area contributed by atoms with Gasteiger partial charge in [-0.05, 0) is 17.7 Å². The number of carbonyl (C=O) groups is 1. The number of carbonyl (C=O) groups excluding carboxylic acids is 1. The third-order valence-corrected chi connectivity index (χ3v) is 2.54. The summed E-state index contributed by atoms with van der Waals surface area (Å²) in [4.78, 5) is 10.8. The number of nitrogens with one attached hydrogen (secondary N) is 3. The molecule has 20 heavy (non-hydrogen) atoms. The van der Waals surface area contributed by atoms with E-state index in [1.165, 1.54) is 6.92 Å². The van der Waals surface area contributed by atoms with Gasteiger partial charge in [-0.25, -0.2) is 0 Å². The summed E-state index contributed by atoms with van der Waals surface area (Å²) in [6.07, 6.45) is 0. The Hall–Kier alpha value is -2.59. The van der Waals surface area contributed by atoms with Gasteiger partial charge in [-0.1, -0.05) is 17.7 Å². The van der Waals surface area contributed by atoms with Crippen molar-refractivity contribution in [1.82, 2.24) is 5.32 Å². The second-order valence-electron chi connectivity index (χ2n) is 3.82. The molecule has 0 aliphatic heterocycles. The summed E-state index contributed by atoms with van der Waals surface area (Å²) < 4.78 is 0. The van der Waals surface area contributed by atoms with Crippen molar-refractivity contribution < 1.29 is 4.79 Å². The van der Waals surface area contributed by atoms with Crippen molar-refractivity contribution in [3.05, 3.63) is 28.8 Å². The molecule has 0 atom stereocenters. The zero-order valence-corrected chi connectivity index (χ0v) is 11.5. The molecule has 0 spiro atoms. The fourth-order valence-electron chi connectivity index (χ4n) is 1.25. The van der Waals surface area contributed by atoms with Crippen molar-refractivity contribution in [2.45, 2.75) is 13.5 Å². The Bertz CT molecular complexity index is 604. The van der Waals surface area contributed by atoms with Crippen LogP contribution in [0.3, 0.4) is 0 Å².